The van der Waals surface area contributed by atoms with Gasteiger partial charge >= 0.3 is 5.97 Å². The molecule has 2 aromatic heterocycles. The zero-order valence-corrected chi connectivity index (χ0v) is 11.5. The molecule has 110 valence electrons. The molecule has 7 nitrogen and oxygen atoms in total. The highest BCUT2D eigenvalue weighted by Crippen LogP contribution is 2.20. The zero-order chi connectivity index (χ0) is 15.0. The summed E-state index contributed by atoms with van der Waals surface area (Å²) in [6.45, 7) is 2.22. The number of aryl methyl sites for hydroxylation is 1. The number of fused-ring (bicyclic) bond motifs is 1. The number of nitrogens with zero attached hydrogens (tertiary/aromatic N) is 2. The molecular formula is C14H15N3O4. The highest BCUT2D eigenvalue weighted by Gasteiger charge is 2.44. The standard InChI is InChI=1S/C14H15N3O4/c1-9-2-4-17-7-10(15-11(17)6-9)12(18)16-14(13(19)20)3-5-21-8-14/h2,4,6-7H,3,5,8H2,1H3,(H,16,18)(H,19,20). The first-order valence-electron chi connectivity index (χ1n) is 6.59. The second kappa shape index (κ2) is 4.85. The third-order valence-electron chi connectivity index (χ3n) is 3.63. The van der Waals surface area contributed by atoms with Crippen molar-refractivity contribution in [2.24, 2.45) is 0 Å². The number of hydrogen-bond acceptors (Lipinski definition) is 4. The van der Waals surface area contributed by atoms with Crippen LogP contribution in [-0.2, 0) is 9.53 Å². The molecule has 0 saturated carbocycles. The minimum absolute atomic E-state index is 0.0272. The number of carbonyl (C=O) groups excluding carboxylic acids is 1. The normalized spacial score (nSPS) is 21.6. The number of hydrogen-bond donors (Lipinski definition) is 2. The number of nitrogens with one attached hydrogen (secondary N) is 1. The van der Waals surface area contributed by atoms with E-state index in [4.69, 9.17) is 4.74 Å². The molecule has 0 radical (unpaired) electrons. The van der Waals surface area contributed by atoms with Crippen LogP contribution in [0.5, 0.6) is 0 Å². The van der Waals surface area contributed by atoms with Gasteiger partial charge in [-0.25, -0.2) is 9.78 Å². The topological polar surface area (TPSA) is 92.9 Å². The molecule has 1 saturated heterocycles. The van der Waals surface area contributed by atoms with Gasteiger partial charge in [-0.15, -0.1) is 0 Å². The second-order valence-electron chi connectivity index (χ2n) is 5.24. The molecule has 1 fully saturated rings. The summed E-state index contributed by atoms with van der Waals surface area (Å²) in [4.78, 5) is 27.9. The number of rotatable bonds is 3. The summed E-state index contributed by atoms with van der Waals surface area (Å²) in [5.41, 5.74) is 0.509. The van der Waals surface area contributed by atoms with E-state index in [1.54, 1.807) is 16.8 Å². The molecule has 1 atom stereocenters. The van der Waals surface area contributed by atoms with E-state index in [-0.39, 0.29) is 18.7 Å². The molecule has 21 heavy (non-hydrogen) atoms. The van der Waals surface area contributed by atoms with Crippen LogP contribution in [0.25, 0.3) is 5.65 Å². The Morgan fingerprint density at radius 3 is 3.00 bits per heavy atom. The van der Waals surface area contributed by atoms with E-state index in [0.29, 0.717) is 12.3 Å². The van der Waals surface area contributed by atoms with Crippen molar-refractivity contribution in [1.82, 2.24) is 14.7 Å². The molecular weight excluding hydrogens is 274 g/mol. The Morgan fingerprint density at radius 1 is 1.52 bits per heavy atom. The quantitative estimate of drug-likeness (QED) is 0.864. The number of carbonyl (C=O) groups is 2. The first-order chi connectivity index (χ1) is 10.00. The highest BCUT2D eigenvalue weighted by molar-refractivity contribution is 5.97. The smallest absolute Gasteiger partial charge is 0.331 e. The van der Waals surface area contributed by atoms with Gasteiger partial charge in [-0.3, -0.25) is 4.79 Å². The zero-order valence-electron chi connectivity index (χ0n) is 11.5. The molecule has 1 aliphatic heterocycles. The van der Waals surface area contributed by atoms with Crippen LogP contribution in [-0.4, -0.2) is 45.1 Å². The van der Waals surface area contributed by atoms with Crippen LogP contribution in [0, 0.1) is 6.92 Å². The number of imidazole rings is 1. The summed E-state index contributed by atoms with van der Waals surface area (Å²) in [7, 11) is 0. The number of ether oxygens (including phenoxy) is 1. The average Bonchev–Trinajstić information content (AvgIpc) is 3.05. The van der Waals surface area contributed by atoms with Crippen LogP contribution in [0.4, 0.5) is 0 Å². The van der Waals surface area contributed by atoms with Crippen LogP contribution in [0.1, 0.15) is 22.5 Å². The van der Waals surface area contributed by atoms with Gasteiger partial charge in [0.2, 0.25) is 0 Å². The Kier molecular flexibility index (Phi) is 3.13. The molecule has 1 aliphatic rings. The Bertz CT molecular complexity index is 716. The van der Waals surface area contributed by atoms with Crippen LogP contribution in [0.2, 0.25) is 0 Å². The van der Waals surface area contributed by atoms with E-state index in [0.717, 1.165) is 5.56 Å². The fourth-order valence-electron chi connectivity index (χ4n) is 2.36. The molecule has 0 spiro atoms. The summed E-state index contributed by atoms with van der Waals surface area (Å²) in [6, 6.07) is 3.75. The lowest BCUT2D eigenvalue weighted by molar-refractivity contribution is -0.144. The Labute approximate surface area is 120 Å². The molecule has 1 amide bonds. The summed E-state index contributed by atoms with van der Waals surface area (Å²) in [6.07, 6.45) is 3.64. The lowest BCUT2D eigenvalue weighted by Crippen LogP contribution is -2.55. The maximum Gasteiger partial charge on any atom is 0.331 e. The number of carboxylic acid groups (broad SMARTS) is 1. The molecule has 1 unspecified atom stereocenters. The van der Waals surface area contributed by atoms with Gasteiger partial charge in [-0.1, -0.05) is 0 Å². The van der Waals surface area contributed by atoms with Gasteiger partial charge in [0.25, 0.3) is 5.91 Å². The van der Waals surface area contributed by atoms with Gasteiger partial charge in [0.05, 0.1) is 6.61 Å². The Morgan fingerprint density at radius 2 is 2.33 bits per heavy atom. The molecule has 3 rings (SSSR count). The maximum atomic E-state index is 12.3. The van der Waals surface area contributed by atoms with Gasteiger partial charge < -0.3 is 19.6 Å². The Hall–Kier alpha value is -2.41. The van der Waals surface area contributed by atoms with E-state index in [1.807, 2.05) is 19.1 Å². The fraction of sp³-hybridized carbons (Fsp3) is 0.357. The lowest BCUT2D eigenvalue weighted by atomic mass is 9.99. The SMILES string of the molecule is Cc1ccn2cc(C(=O)NC3(C(=O)O)CCOC3)nc2c1. The average molecular weight is 289 g/mol. The number of amides is 1. The summed E-state index contributed by atoms with van der Waals surface area (Å²) in [5, 5.41) is 11.9. The monoisotopic (exact) mass is 289 g/mol. The largest absolute Gasteiger partial charge is 0.479 e. The van der Waals surface area contributed by atoms with Crippen molar-refractivity contribution >= 4 is 17.5 Å². The van der Waals surface area contributed by atoms with E-state index in [2.05, 4.69) is 10.3 Å². The van der Waals surface area contributed by atoms with Crippen LogP contribution < -0.4 is 5.32 Å². The van der Waals surface area contributed by atoms with Crippen LogP contribution >= 0.6 is 0 Å². The Balaban J connectivity index is 1.88. The summed E-state index contributed by atoms with van der Waals surface area (Å²) >= 11 is 0. The van der Waals surface area contributed by atoms with Crippen LogP contribution in [0.15, 0.2) is 24.5 Å². The van der Waals surface area contributed by atoms with E-state index in [1.165, 1.54) is 0 Å². The molecule has 0 aliphatic carbocycles. The molecule has 0 aromatic carbocycles. The molecule has 0 bridgehead atoms. The first-order valence-corrected chi connectivity index (χ1v) is 6.59. The minimum atomic E-state index is -1.36. The van der Waals surface area contributed by atoms with Crippen molar-refractivity contribution in [3.63, 3.8) is 0 Å². The van der Waals surface area contributed by atoms with Crippen molar-refractivity contribution in [1.29, 1.82) is 0 Å². The van der Waals surface area contributed by atoms with E-state index < -0.39 is 17.4 Å². The third-order valence-corrected chi connectivity index (χ3v) is 3.63. The minimum Gasteiger partial charge on any atom is -0.479 e. The van der Waals surface area contributed by atoms with Crippen molar-refractivity contribution in [3.8, 4) is 0 Å². The van der Waals surface area contributed by atoms with Gasteiger partial charge in [0.15, 0.2) is 5.54 Å². The van der Waals surface area contributed by atoms with Gasteiger partial charge in [-0.05, 0) is 24.6 Å². The third kappa shape index (κ3) is 2.36. The predicted molar refractivity (Wildman–Crippen MR) is 73.2 cm³/mol. The molecule has 7 heteroatoms. The molecule has 3 heterocycles. The predicted octanol–water partition coefficient (Wildman–Crippen LogP) is 0.616. The van der Waals surface area contributed by atoms with E-state index in [9.17, 15) is 14.7 Å². The maximum absolute atomic E-state index is 12.3. The number of carboxylic acids is 1. The first kappa shape index (κ1) is 13.6. The van der Waals surface area contributed by atoms with Crippen molar-refractivity contribution < 1.29 is 19.4 Å². The number of aliphatic carboxylic acids is 1. The van der Waals surface area contributed by atoms with Crippen molar-refractivity contribution in [2.45, 2.75) is 18.9 Å². The van der Waals surface area contributed by atoms with Gasteiger partial charge in [0.1, 0.15) is 11.3 Å². The van der Waals surface area contributed by atoms with Crippen LogP contribution in [0.3, 0.4) is 0 Å². The molecule has 2 N–H and O–H groups in total. The summed E-state index contributed by atoms with van der Waals surface area (Å²) in [5.74, 6) is -1.60. The summed E-state index contributed by atoms with van der Waals surface area (Å²) < 4.78 is 6.83. The highest BCUT2D eigenvalue weighted by atomic mass is 16.5. The second-order valence-corrected chi connectivity index (χ2v) is 5.24. The fourth-order valence-corrected chi connectivity index (χ4v) is 2.36. The molecule has 2 aromatic rings. The van der Waals surface area contributed by atoms with Crippen molar-refractivity contribution in [2.75, 3.05) is 13.2 Å². The number of pyridine rings is 1. The van der Waals surface area contributed by atoms with Gasteiger partial charge in [0, 0.05) is 25.4 Å². The van der Waals surface area contributed by atoms with Gasteiger partial charge in [-0.2, -0.15) is 0 Å². The van der Waals surface area contributed by atoms with E-state index >= 15 is 0 Å². The van der Waals surface area contributed by atoms with Crippen molar-refractivity contribution in [3.05, 3.63) is 35.8 Å². The number of aromatic nitrogens is 2. The lowest BCUT2D eigenvalue weighted by Gasteiger charge is -2.22.